The fraction of sp³-hybridized carbons (Fsp3) is 0.667. The lowest BCUT2D eigenvalue weighted by atomic mass is 9.90. The van der Waals surface area contributed by atoms with Crippen LogP contribution in [0.1, 0.15) is 38.3 Å². The molecule has 2 nitrogen and oxygen atoms in total. The van der Waals surface area contributed by atoms with Gasteiger partial charge in [0.1, 0.15) is 0 Å². The predicted octanol–water partition coefficient (Wildman–Crippen LogP) is 3.55. The quantitative estimate of drug-likeness (QED) is 0.916. The van der Waals surface area contributed by atoms with Gasteiger partial charge in [0.25, 0.3) is 0 Å². The second kappa shape index (κ2) is 6.72. The zero-order valence-corrected chi connectivity index (χ0v) is 14.2. The van der Waals surface area contributed by atoms with E-state index in [9.17, 15) is 0 Å². The van der Waals surface area contributed by atoms with Gasteiger partial charge in [-0.05, 0) is 42.8 Å². The van der Waals surface area contributed by atoms with E-state index in [1.165, 1.54) is 43.0 Å². The second-order valence-electron chi connectivity index (χ2n) is 6.88. The summed E-state index contributed by atoms with van der Waals surface area (Å²) in [6.45, 7) is 8.20. The van der Waals surface area contributed by atoms with Crippen LogP contribution in [0.15, 0.2) is 30.3 Å². The maximum atomic E-state index is 3.80. The summed E-state index contributed by atoms with van der Waals surface area (Å²) in [4.78, 5) is 2.76. The van der Waals surface area contributed by atoms with Crippen LogP contribution >= 0.6 is 11.8 Å². The Labute approximate surface area is 133 Å². The maximum Gasteiger partial charge on any atom is 0.0473 e. The van der Waals surface area contributed by atoms with Crippen molar-refractivity contribution in [2.75, 3.05) is 31.1 Å². The number of thioether (sulfide) groups is 1. The third-order valence-electron chi connectivity index (χ3n) is 5.20. The minimum Gasteiger partial charge on any atom is -0.308 e. The van der Waals surface area contributed by atoms with E-state index in [4.69, 9.17) is 0 Å². The van der Waals surface area contributed by atoms with E-state index in [1.807, 2.05) is 0 Å². The van der Waals surface area contributed by atoms with Crippen LogP contribution in [0.3, 0.4) is 0 Å². The van der Waals surface area contributed by atoms with Crippen LogP contribution in [-0.4, -0.2) is 41.6 Å². The van der Waals surface area contributed by atoms with Gasteiger partial charge in [-0.25, -0.2) is 0 Å². The average molecular weight is 305 g/mol. The molecule has 1 aromatic carbocycles. The Morgan fingerprint density at radius 2 is 2.14 bits per heavy atom. The zero-order chi connectivity index (χ0) is 14.7. The van der Waals surface area contributed by atoms with E-state index in [0.29, 0.717) is 6.04 Å². The minimum absolute atomic E-state index is 0.275. The number of nitrogens with zero attached hydrogens (tertiary/aromatic N) is 1. The van der Waals surface area contributed by atoms with Crippen molar-refractivity contribution < 1.29 is 0 Å². The highest BCUT2D eigenvalue weighted by Crippen LogP contribution is 2.32. The molecule has 2 aliphatic rings. The Balaban J connectivity index is 1.76. The molecule has 2 heterocycles. The number of nitrogens with one attached hydrogen (secondary N) is 1. The number of rotatable bonds is 4. The van der Waals surface area contributed by atoms with Gasteiger partial charge in [0, 0.05) is 31.2 Å². The van der Waals surface area contributed by atoms with Gasteiger partial charge in [-0.2, -0.15) is 11.8 Å². The fourth-order valence-electron chi connectivity index (χ4n) is 3.58. The SMILES string of the molecule is CCC1(C)CN(CC2CCSC2)C(c2ccccc2)CN1. The molecule has 3 unspecified atom stereocenters. The van der Waals surface area contributed by atoms with Crippen LogP contribution in [0.2, 0.25) is 0 Å². The summed E-state index contributed by atoms with van der Waals surface area (Å²) < 4.78 is 0. The van der Waals surface area contributed by atoms with Gasteiger partial charge < -0.3 is 5.32 Å². The van der Waals surface area contributed by atoms with Gasteiger partial charge in [-0.3, -0.25) is 4.90 Å². The molecule has 0 amide bonds. The fourth-order valence-corrected chi connectivity index (χ4v) is 4.85. The van der Waals surface area contributed by atoms with Crippen LogP contribution in [0.5, 0.6) is 0 Å². The Kier molecular flexibility index (Phi) is 4.92. The van der Waals surface area contributed by atoms with Crippen molar-refractivity contribution in [3.63, 3.8) is 0 Å². The van der Waals surface area contributed by atoms with Crippen LogP contribution in [0.4, 0.5) is 0 Å². The lowest BCUT2D eigenvalue weighted by Gasteiger charge is -2.47. The van der Waals surface area contributed by atoms with Gasteiger partial charge in [0.15, 0.2) is 0 Å². The molecule has 0 bridgehead atoms. The summed E-state index contributed by atoms with van der Waals surface area (Å²) in [7, 11) is 0. The summed E-state index contributed by atoms with van der Waals surface area (Å²) in [5, 5.41) is 3.80. The predicted molar refractivity (Wildman–Crippen MR) is 92.9 cm³/mol. The van der Waals surface area contributed by atoms with Gasteiger partial charge in [0.2, 0.25) is 0 Å². The van der Waals surface area contributed by atoms with E-state index in [0.717, 1.165) is 12.5 Å². The third-order valence-corrected chi connectivity index (χ3v) is 6.43. The molecule has 0 aliphatic carbocycles. The van der Waals surface area contributed by atoms with Crippen molar-refractivity contribution >= 4 is 11.8 Å². The lowest BCUT2D eigenvalue weighted by Crippen LogP contribution is -2.60. The molecule has 0 radical (unpaired) electrons. The smallest absolute Gasteiger partial charge is 0.0473 e. The minimum atomic E-state index is 0.275. The number of benzene rings is 1. The molecule has 116 valence electrons. The molecule has 3 rings (SSSR count). The van der Waals surface area contributed by atoms with Gasteiger partial charge in [-0.15, -0.1) is 0 Å². The number of hydrogen-bond donors (Lipinski definition) is 1. The number of piperazine rings is 1. The topological polar surface area (TPSA) is 15.3 Å². The van der Waals surface area contributed by atoms with E-state index >= 15 is 0 Å². The molecule has 2 fully saturated rings. The van der Waals surface area contributed by atoms with Gasteiger partial charge in [-0.1, -0.05) is 37.3 Å². The summed E-state index contributed by atoms with van der Waals surface area (Å²) in [6.07, 6.45) is 2.60. The molecule has 1 aromatic rings. The van der Waals surface area contributed by atoms with E-state index in [-0.39, 0.29) is 5.54 Å². The normalized spacial score (nSPS) is 34.2. The molecule has 3 heteroatoms. The third kappa shape index (κ3) is 3.64. The molecular weight excluding hydrogens is 276 g/mol. The second-order valence-corrected chi connectivity index (χ2v) is 8.03. The first kappa shape index (κ1) is 15.4. The molecule has 21 heavy (non-hydrogen) atoms. The van der Waals surface area contributed by atoms with Crippen LogP contribution in [0.25, 0.3) is 0 Å². The number of hydrogen-bond acceptors (Lipinski definition) is 3. The lowest BCUT2D eigenvalue weighted by molar-refractivity contribution is 0.0722. The van der Waals surface area contributed by atoms with Crippen molar-refractivity contribution in [3.8, 4) is 0 Å². The maximum absolute atomic E-state index is 3.80. The standard InChI is InChI=1S/C18H28N2S/c1-3-18(2)14-20(12-15-9-10-21-13-15)17(11-19-18)16-7-5-4-6-8-16/h4-8,15,17,19H,3,9-14H2,1-2H3. The van der Waals surface area contributed by atoms with Gasteiger partial charge in [0.05, 0.1) is 0 Å². The van der Waals surface area contributed by atoms with Crippen LogP contribution < -0.4 is 5.32 Å². The monoisotopic (exact) mass is 304 g/mol. The highest BCUT2D eigenvalue weighted by atomic mass is 32.2. The molecule has 2 aliphatic heterocycles. The molecule has 1 N–H and O–H groups in total. The first-order valence-electron chi connectivity index (χ1n) is 8.32. The van der Waals surface area contributed by atoms with Crippen molar-refractivity contribution in [1.29, 1.82) is 0 Å². The molecule has 2 saturated heterocycles. The van der Waals surface area contributed by atoms with Crippen molar-refractivity contribution in [2.24, 2.45) is 5.92 Å². The van der Waals surface area contributed by atoms with Crippen LogP contribution in [-0.2, 0) is 0 Å². The molecular formula is C18H28N2S. The first-order chi connectivity index (χ1) is 10.2. The van der Waals surface area contributed by atoms with E-state index in [1.54, 1.807) is 0 Å². The van der Waals surface area contributed by atoms with E-state index in [2.05, 4.69) is 66.2 Å². The Bertz CT molecular complexity index is 444. The Hall–Kier alpha value is -0.510. The first-order valence-corrected chi connectivity index (χ1v) is 9.47. The van der Waals surface area contributed by atoms with Gasteiger partial charge >= 0.3 is 0 Å². The largest absolute Gasteiger partial charge is 0.308 e. The van der Waals surface area contributed by atoms with E-state index < -0.39 is 0 Å². The molecule has 0 spiro atoms. The van der Waals surface area contributed by atoms with Crippen molar-refractivity contribution in [3.05, 3.63) is 35.9 Å². The summed E-state index contributed by atoms with van der Waals surface area (Å²) in [6, 6.07) is 11.6. The molecule has 3 atom stereocenters. The summed E-state index contributed by atoms with van der Waals surface area (Å²) >= 11 is 2.13. The average Bonchev–Trinajstić information content (AvgIpc) is 3.01. The molecule has 0 saturated carbocycles. The Morgan fingerprint density at radius 3 is 2.81 bits per heavy atom. The zero-order valence-electron chi connectivity index (χ0n) is 13.3. The van der Waals surface area contributed by atoms with Crippen molar-refractivity contribution in [1.82, 2.24) is 10.2 Å². The summed E-state index contributed by atoms with van der Waals surface area (Å²) in [5.74, 6) is 3.60. The summed E-state index contributed by atoms with van der Waals surface area (Å²) in [5.41, 5.74) is 1.74. The molecule has 0 aromatic heterocycles. The highest BCUT2D eigenvalue weighted by molar-refractivity contribution is 7.99. The highest BCUT2D eigenvalue weighted by Gasteiger charge is 2.36. The van der Waals surface area contributed by atoms with Crippen molar-refractivity contribution in [2.45, 2.75) is 38.3 Å². The Morgan fingerprint density at radius 1 is 1.33 bits per heavy atom. The van der Waals surface area contributed by atoms with Crippen LogP contribution in [0, 0.1) is 5.92 Å².